The number of aliphatic hydroxyl groups is 1. The van der Waals surface area contributed by atoms with Crippen LogP contribution in [0, 0.1) is 5.92 Å². The van der Waals surface area contributed by atoms with Crippen LogP contribution < -0.4 is 0 Å². The number of likely N-dealkylation sites (tertiary alicyclic amines) is 1. The van der Waals surface area contributed by atoms with Gasteiger partial charge in [0, 0.05) is 19.0 Å². The molecule has 3 nitrogen and oxygen atoms in total. The Labute approximate surface area is 108 Å². The molecule has 1 amide bonds. The molecule has 0 saturated carbocycles. The second-order valence-electron chi connectivity index (χ2n) is 5.03. The van der Waals surface area contributed by atoms with Crippen LogP contribution in [-0.2, 0) is 11.2 Å². The molecule has 1 aromatic carbocycles. The lowest BCUT2D eigenvalue weighted by atomic mass is 9.92. The molecule has 1 N–H and O–H groups in total. The summed E-state index contributed by atoms with van der Waals surface area (Å²) in [4.78, 5) is 14.1. The standard InChI is InChI=1S/C15H21NO2/c1-2-13-11-16(9-8-14(13)17)15(18)10-12-6-4-3-5-7-12/h3-7,13-14,17H,2,8-11H2,1H3. The van der Waals surface area contributed by atoms with Gasteiger partial charge in [-0.25, -0.2) is 0 Å². The zero-order chi connectivity index (χ0) is 13.0. The van der Waals surface area contributed by atoms with Gasteiger partial charge in [-0.1, -0.05) is 37.3 Å². The molecule has 1 saturated heterocycles. The summed E-state index contributed by atoms with van der Waals surface area (Å²) in [5.41, 5.74) is 1.06. The van der Waals surface area contributed by atoms with E-state index in [1.54, 1.807) is 0 Å². The van der Waals surface area contributed by atoms with Crippen LogP contribution in [0.15, 0.2) is 30.3 Å². The van der Waals surface area contributed by atoms with Crippen LogP contribution in [-0.4, -0.2) is 35.1 Å². The van der Waals surface area contributed by atoms with E-state index in [4.69, 9.17) is 0 Å². The third-order valence-electron chi connectivity index (χ3n) is 3.77. The molecule has 18 heavy (non-hydrogen) atoms. The zero-order valence-electron chi connectivity index (χ0n) is 10.9. The van der Waals surface area contributed by atoms with Crippen LogP contribution in [0.3, 0.4) is 0 Å². The fraction of sp³-hybridized carbons (Fsp3) is 0.533. The monoisotopic (exact) mass is 247 g/mol. The first-order valence-electron chi connectivity index (χ1n) is 6.70. The van der Waals surface area contributed by atoms with Crippen molar-refractivity contribution in [2.45, 2.75) is 32.3 Å². The van der Waals surface area contributed by atoms with Crippen molar-refractivity contribution in [2.75, 3.05) is 13.1 Å². The van der Waals surface area contributed by atoms with E-state index in [9.17, 15) is 9.90 Å². The molecule has 2 unspecified atom stereocenters. The molecule has 0 radical (unpaired) electrons. The summed E-state index contributed by atoms with van der Waals surface area (Å²) in [5, 5.41) is 9.82. The van der Waals surface area contributed by atoms with Crippen LogP contribution in [0.25, 0.3) is 0 Å². The molecule has 1 fully saturated rings. The van der Waals surface area contributed by atoms with Gasteiger partial charge in [0.05, 0.1) is 12.5 Å². The molecule has 1 aliphatic rings. The quantitative estimate of drug-likeness (QED) is 0.885. The maximum absolute atomic E-state index is 12.2. The van der Waals surface area contributed by atoms with Crippen LogP contribution in [0.1, 0.15) is 25.3 Å². The van der Waals surface area contributed by atoms with Crippen molar-refractivity contribution in [3.63, 3.8) is 0 Å². The van der Waals surface area contributed by atoms with Crippen molar-refractivity contribution < 1.29 is 9.90 Å². The lowest BCUT2D eigenvalue weighted by Gasteiger charge is -2.35. The summed E-state index contributed by atoms with van der Waals surface area (Å²) in [7, 11) is 0. The van der Waals surface area contributed by atoms with Gasteiger partial charge < -0.3 is 10.0 Å². The Morgan fingerprint density at radius 3 is 2.78 bits per heavy atom. The maximum Gasteiger partial charge on any atom is 0.227 e. The maximum atomic E-state index is 12.2. The van der Waals surface area contributed by atoms with Gasteiger partial charge in [0.2, 0.25) is 5.91 Å². The number of carbonyl (C=O) groups excluding carboxylic acids is 1. The van der Waals surface area contributed by atoms with E-state index in [1.807, 2.05) is 35.2 Å². The number of amides is 1. The van der Waals surface area contributed by atoms with Crippen LogP contribution in [0.5, 0.6) is 0 Å². The minimum atomic E-state index is -0.240. The van der Waals surface area contributed by atoms with Gasteiger partial charge in [0.1, 0.15) is 0 Å². The summed E-state index contributed by atoms with van der Waals surface area (Å²) in [6, 6.07) is 9.83. The van der Waals surface area contributed by atoms with Gasteiger partial charge >= 0.3 is 0 Å². The molecule has 0 aliphatic carbocycles. The molecular weight excluding hydrogens is 226 g/mol. The Bertz CT molecular complexity index is 391. The molecule has 2 atom stereocenters. The minimum absolute atomic E-state index is 0.173. The summed E-state index contributed by atoms with van der Waals surface area (Å²) in [5.74, 6) is 0.407. The number of nitrogens with zero attached hydrogens (tertiary/aromatic N) is 1. The number of rotatable bonds is 3. The topological polar surface area (TPSA) is 40.5 Å². The number of hydrogen-bond donors (Lipinski definition) is 1. The zero-order valence-corrected chi connectivity index (χ0v) is 10.9. The van der Waals surface area contributed by atoms with E-state index in [0.717, 1.165) is 12.0 Å². The lowest BCUT2D eigenvalue weighted by molar-refractivity contribution is -0.134. The molecule has 0 bridgehead atoms. The third kappa shape index (κ3) is 3.10. The van der Waals surface area contributed by atoms with Crippen molar-refractivity contribution in [3.05, 3.63) is 35.9 Å². The van der Waals surface area contributed by atoms with Crippen molar-refractivity contribution in [3.8, 4) is 0 Å². The first-order chi connectivity index (χ1) is 8.70. The highest BCUT2D eigenvalue weighted by Gasteiger charge is 2.28. The third-order valence-corrected chi connectivity index (χ3v) is 3.77. The van der Waals surface area contributed by atoms with E-state index < -0.39 is 0 Å². The Morgan fingerprint density at radius 2 is 2.11 bits per heavy atom. The smallest absolute Gasteiger partial charge is 0.227 e. The van der Waals surface area contributed by atoms with Crippen molar-refractivity contribution in [1.29, 1.82) is 0 Å². The van der Waals surface area contributed by atoms with E-state index >= 15 is 0 Å². The fourth-order valence-corrected chi connectivity index (χ4v) is 2.53. The highest BCUT2D eigenvalue weighted by molar-refractivity contribution is 5.78. The van der Waals surface area contributed by atoms with Crippen LogP contribution in [0.2, 0.25) is 0 Å². The van der Waals surface area contributed by atoms with Gasteiger partial charge in [-0.2, -0.15) is 0 Å². The molecule has 0 aromatic heterocycles. The number of aliphatic hydroxyl groups excluding tert-OH is 1. The average Bonchev–Trinajstić information content (AvgIpc) is 2.40. The van der Waals surface area contributed by atoms with Crippen molar-refractivity contribution in [1.82, 2.24) is 4.90 Å². The lowest BCUT2D eigenvalue weighted by Crippen LogP contribution is -2.46. The molecule has 1 heterocycles. The molecule has 98 valence electrons. The molecule has 0 spiro atoms. The van der Waals surface area contributed by atoms with E-state index in [-0.39, 0.29) is 17.9 Å². The summed E-state index contributed by atoms with van der Waals surface area (Å²) in [6.07, 6.45) is 1.86. The Hall–Kier alpha value is -1.35. The normalized spacial score (nSPS) is 24.0. The first-order valence-corrected chi connectivity index (χ1v) is 6.70. The van der Waals surface area contributed by atoms with Gasteiger partial charge in [-0.3, -0.25) is 4.79 Å². The van der Waals surface area contributed by atoms with Gasteiger partial charge in [-0.15, -0.1) is 0 Å². The largest absolute Gasteiger partial charge is 0.393 e. The molecule has 3 heteroatoms. The fourth-order valence-electron chi connectivity index (χ4n) is 2.53. The highest BCUT2D eigenvalue weighted by Crippen LogP contribution is 2.20. The van der Waals surface area contributed by atoms with E-state index in [0.29, 0.717) is 25.9 Å². The number of piperidine rings is 1. The van der Waals surface area contributed by atoms with Crippen molar-refractivity contribution in [2.24, 2.45) is 5.92 Å². The molecular formula is C15H21NO2. The Morgan fingerprint density at radius 1 is 1.39 bits per heavy atom. The van der Waals surface area contributed by atoms with Crippen LogP contribution in [0.4, 0.5) is 0 Å². The second-order valence-corrected chi connectivity index (χ2v) is 5.03. The number of carbonyl (C=O) groups is 1. The predicted octanol–water partition coefficient (Wildman–Crippen LogP) is 1.85. The van der Waals surface area contributed by atoms with Gasteiger partial charge in [0.15, 0.2) is 0 Å². The summed E-state index contributed by atoms with van der Waals surface area (Å²) >= 11 is 0. The Balaban J connectivity index is 1.93. The summed E-state index contributed by atoms with van der Waals surface area (Å²) in [6.45, 7) is 3.45. The number of hydrogen-bond acceptors (Lipinski definition) is 2. The minimum Gasteiger partial charge on any atom is -0.393 e. The molecule has 2 rings (SSSR count). The van der Waals surface area contributed by atoms with Gasteiger partial charge in [-0.05, 0) is 18.4 Å². The molecule has 1 aromatic rings. The summed E-state index contributed by atoms with van der Waals surface area (Å²) < 4.78 is 0. The van der Waals surface area contributed by atoms with E-state index in [1.165, 1.54) is 0 Å². The van der Waals surface area contributed by atoms with Crippen molar-refractivity contribution >= 4 is 5.91 Å². The Kier molecular flexibility index (Phi) is 4.37. The SMILES string of the molecule is CCC1CN(C(=O)Cc2ccccc2)CCC1O. The number of benzene rings is 1. The second kappa shape index (κ2) is 6.01. The average molecular weight is 247 g/mol. The predicted molar refractivity (Wildman–Crippen MR) is 71.1 cm³/mol. The highest BCUT2D eigenvalue weighted by atomic mass is 16.3. The van der Waals surface area contributed by atoms with E-state index in [2.05, 4.69) is 6.92 Å². The van der Waals surface area contributed by atoms with Gasteiger partial charge in [0.25, 0.3) is 0 Å². The molecule has 1 aliphatic heterocycles. The first kappa shape index (κ1) is 13.1. The van der Waals surface area contributed by atoms with Crippen LogP contribution >= 0.6 is 0 Å².